The topological polar surface area (TPSA) is 46.6 Å². The van der Waals surface area contributed by atoms with Gasteiger partial charge in [0.1, 0.15) is 11.8 Å². The summed E-state index contributed by atoms with van der Waals surface area (Å²) in [6.45, 7) is 2.76. The van der Waals surface area contributed by atoms with Crippen LogP contribution in [0.1, 0.15) is 38.2 Å². The number of fused-ring (bicyclic) bond motifs is 2. The number of rotatable bonds is 5. The van der Waals surface area contributed by atoms with Gasteiger partial charge in [-0.25, -0.2) is 0 Å². The fourth-order valence-electron chi connectivity index (χ4n) is 5.89. The molecule has 4 aliphatic rings. The molecule has 2 saturated heterocycles. The zero-order chi connectivity index (χ0) is 16.5. The molecule has 2 heterocycles. The first kappa shape index (κ1) is 14.6. The van der Waals surface area contributed by atoms with Crippen LogP contribution >= 0.6 is 0 Å². The molecule has 24 heavy (non-hydrogen) atoms. The first-order valence-electron chi connectivity index (χ1n) is 9.24. The molecule has 0 radical (unpaired) electrons. The van der Waals surface area contributed by atoms with Crippen LogP contribution in [0.5, 0.6) is 0 Å². The SMILES string of the molecule is CCCCC12OC3C(=O)C4CC3C1C4C(=O)N2Cc1ccccc1. The molecule has 1 aromatic carbocycles. The van der Waals surface area contributed by atoms with Crippen LogP contribution in [0, 0.1) is 23.7 Å². The van der Waals surface area contributed by atoms with Crippen LogP contribution in [0.15, 0.2) is 30.3 Å². The Kier molecular flexibility index (Phi) is 3.00. The van der Waals surface area contributed by atoms with Gasteiger partial charge in [-0.05, 0) is 24.8 Å². The summed E-state index contributed by atoms with van der Waals surface area (Å²) < 4.78 is 6.44. The Hall–Kier alpha value is -1.68. The van der Waals surface area contributed by atoms with E-state index in [9.17, 15) is 9.59 Å². The third kappa shape index (κ3) is 1.62. The number of ether oxygens (including phenoxy) is 1. The molecule has 0 spiro atoms. The Morgan fingerprint density at radius 3 is 2.79 bits per heavy atom. The first-order chi connectivity index (χ1) is 11.7. The molecule has 0 aromatic heterocycles. The van der Waals surface area contributed by atoms with E-state index >= 15 is 0 Å². The van der Waals surface area contributed by atoms with Crippen LogP contribution in [-0.4, -0.2) is 28.4 Å². The highest BCUT2D eigenvalue weighted by molar-refractivity contribution is 5.98. The van der Waals surface area contributed by atoms with Crippen molar-refractivity contribution in [1.29, 1.82) is 0 Å². The van der Waals surface area contributed by atoms with Crippen LogP contribution in [0.3, 0.4) is 0 Å². The van der Waals surface area contributed by atoms with Crippen molar-refractivity contribution in [2.45, 2.75) is 51.0 Å². The number of amides is 1. The number of nitrogens with zero attached hydrogens (tertiary/aromatic N) is 1. The molecule has 4 fully saturated rings. The number of Topliss-reactive ketones (excluding diaryl/α,β-unsaturated/α-hetero) is 1. The molecular formula is C20H23NO3. The average molecular weight is 325 g/mol. The van der Waals surface area contributed by atoms with E-state index in [0.717, 1.165) is 31.2 Å². The van der Waals surface area contributed by atoms with Gasteiger partial charge in [-0.1, -0.05) is 43.7 Å². The fraction of sp³-hybridized carbons (Fsp3) is 0.600. The van der Waals surface area contributed by atoms with Gasteiger partial charge < -0.3 is 9.64 Å². The minimum absolute atomic E-state index is 0.0817. The second-order valence-corrected chi connectivity index (χ2v) is 7.86. The summed E-state index contributed by atoms with van der Waals surface area (Å²) in [4.78, 5) is 27.8. The van der Waals surface area contributed by atoms with E-state index in [4.69, 9.17) is 4.74 Å². The van der Waals surface area contributed by atoms with Crippen LogP contribution in [-0.2, 0) is 20.9 Å². The van der Waals surface area contributed by atoms with Gasteiger partial charge in [0.15, 0.2) is 5.78 Å². The normalized spacial score (nSPS) is 41.7. The minimum Gasteiger partial charge on any atom is -0.344 e. The molecule has 0 N–H and O–H groups in total. The summed E-state index contributed by atoms with van der Waals surface area (Å²) in [7, 11) is 0. The van der Waals surface area contributed by atoms with Gasteiger partial charge in [-0.15, -0.1) is 0 Å². The Morgan fingerprint density at radius 2 is 2.04 bits per heavy atom. The number of carbonyl (C=O) groups is 2. The maximum atomic E-state index is 13.2. The lowest BCUT2D eigenvalue weighted by atomic mass is 9.76. The predicted molar refractivity (Wildman–Crippen MR) is 87.7 cm³/mol. The van der Waals surface area contributed by atoms with Gasteiger partial charge >= 0.3 is 0 Å². The van der Waals surface area contributed by atoms with Crippen molar-refractivity contribution >= 4 is 11.7 Å². The van der Waals surface area contributed by atoms with Crippen molar-refractivity contribution in [2.75, 3.05) is 0 Å². The van der Waals surface area contributed by atoms with Crippen LogP contribution in [0.25, 0.3) is 0 Å². The van der Waals surface area contributed by atoms with Gasteiger partial charge in [0.2, 0.25) is 5.91 Å². The summed E-state index contributed by atoms with van der Waals surface area (Å²) >= 11 is 0. The molecule has 2 aliphatic heterocycles. The van der Waals surface area contributed by atoms with E-state index in [0.29, 0.717) is 6.54 Å². The largest absolute Gasteiger partial charge is 0.344 e. The Labute approximate surface area is 142 Å². The van der Waals surface area contributed by atoms with Crippen LogP contribution in [0.2, 0.25) is 0 Å². The lowest BCUT2D eigenvalue weighted by Crippen LogP contribution is -2.49. The van der Waals surface area contributed by atoms with Crippen molar-refractivity contribution in [3.8, 4) is 0 Å². The van der Waals surface area contributed by atoms with Crippen molar-refractivity contribution in [3.63, 3.8) is 0 Å². The Bertz CT molecular complexity index is 702. The molecular weight excluding hydrogens is 302 g/mol. The number of unbranched alkanes of at least 4 members (excludes halogenated alkanes) is 1. The summed E-state index contributed by atoms with van der Waals surface area (Å²) in [5, 5.41) is 0. The van der Waals surface area contributed by atoms with Gasteiger partial charge in [0, 0.05) is 24.3 Å². The molecule has 126 valence electrons. The van der Waals surface area contributed by atoms with Crippen LogP contribution in [0.4, 0.5) is 0 Å². The van der Waals surface area contributed by atoms with E-state index in [1.165, 1.54) is 0 Å². The number of hydrogen-bond donors (Lipinski definition) is 0. The first-order valence-corrected chi connectivity index (χ1v) is 9.24. The third-order valence-corrected chi connectivity index (χ3v) is 6.77. The zero-order valence-electron chi connectivity index (χ0n) is 14.0. The third-order valence-electron chi connectivity index (χ3n) is 6.77. The standard InChI is InChI=1S/C20H23NO3/c1-2-3-9-20-16-14-10-13(17(22)18(14)24-20)15(16)19(23)21(20)11-12-7-5-4-6-8-12/h4-8,13-16,18H,2-3,9-11H2,1H3. The highest BCUT2D eigenvalue weighted by Crippen LogP contribution is 2.67. The van der Waals surface area contributed by atoms with Crippen molar-refractivity contribution in [3.05, 3.63) is 35.9 Å². The zero-order valence-corrected chi connectivity index (χ0v) is 14.0. The molecule has 2 saturated carbocycles. The molecule has 5 rings (SSSR count). The summed E-state index contributed by atoms with van der Waals surface area (Å²) in [6, 6.07) is 10.1. The van der Waals surface area contributed by atoms with Crippen molar-refractivity contribution in [1.82, 2.24) is 4.90 Å². The van der Waals surface area contributed by atoms with E-state index < -0.39 is 5.72 Å². The second-order valence-electron chi connectivity index (χ2n) is 7.86. The number of hydrogen-bond acceptors (Lipinski definition) is 3. The summed E-state index contributed by atoms with van der Waals surface area (Å²) in [5.74, 6) is 0.650. The molecule has 6 atom stereocenters. The van der Waals surface area contributed by atoms with E-state index in [2.05, 4.69) is 19.1 Å². The average Bonchev–Trinajstić information content (AvgIpc) is 3.26. The van der Waals surface area contributed by atoms with E-state index in [-0.39, 0.29) is 41.5 Å². The van der Waals surface area contributed by atoms with E-state index in [1.54, 1.807) is 0 Å². The monoisotopic (exact) mass is 325 g/mol. The van der Waals surface area contributed by atoms with Gasteiger partial charge in [-0.2, -0.15) is 0 Å². The molecule has 2 bridgehead atoms. The Morgan fingerprint density at radius 1 is 1.25 bits per heavy atom. The van der Waals surface area contributed by atoms with Crippen molar-refractivity contribution < 1.29 is 14.3 Å². The van der Waals surface area contributed by atoms with Crippen molar-refractivity contribution in [2.24, 2.45) is 23.7 Å². The molecule has 1 aromatic rings. The second kappa shape index (κ2) is 4.92. The number of benzene rings is 1. The minimum atomic E-state index is -0.538. The summed E-state index contributed by atoms with van der Waals surface area (Å²) in [6.07, 6.45) is 3.58. The maximum absolute atomic E-state index is 13.2. The van der Waals surface area contributed by atoms with Gasteiger partial charge in [0.05, 0.1) is 5.92 Å². The molecule has 4 nitrogen and oxygen atoms in total. The lowest BCUT2D eigenvalue weighted by molar-refractivity contribution is -0.175. The Balaban J connectivity index is 1.56. The predicted octanol–water partition coefficient (Wildman–Crippen LogP) is 2.77. The van der Waals surface area contributed by atoms with Gasteiger partial charge in [-0.3, -0.25) is 9.59 Å². The quantitative estimate of drug-likeness (QED) is 0.836. The van der Waals surface area contributed by atoms with Crippen LogP contribution < -0.4 is 0 Å². The van der Waals surface area contributed by atoms with Gasteiger partial charge in [0.25, 0.3) is 0 Å². The fourth-order valence-corrected chi connectivity index (χ4v) is 5.89. The highest BCUT2D eigenvalue weighted by atomic mass is 16.5. The van der Waals surface area contributed by atoms with E-state index in [1.807, 2.05) is 23.1 Å². The number of likely N-dealkylation sites (tertiary alicyclic amines) is 1. The summed E-state index contributed by atoms with van der Waals surface area (Å²) in [5.41, 5.74) is 0.595. The number of ketones is 1. The highest BCUT2D eigenvalue weighted by Gasteiger charge is 2.78. The maximum Gasteiger partial charge on any atom is 0.229 e. The smallest absolute Gasteiger partial charge is 0.229 e. The number of carbonyl (C=O) groups excluding carboxylic acids is 2. The molecule has 2 aliphatic carbocycles. The lowest BCUT2D eigenvalue weighted by Gasteiger charge is -2.38. The molecule has 6 unspecified atom stereocenters. The molecule has 4 heteroatoms. The molecule has 1 amide bonds.